The standard InChI is InChI=1S/C21H20O3S/c1-24-17-7-3-15(4-8-17)19-13-21(11-12-21)14-20(19)16-5-9-18(10-6-16)25(2,22)23/h3-10,13-14H,11-12H2,1-2H3. The van der Waals surface area contributed by atoms with Crippen LogP contribution in [-0.4, -0.2) is 21.8 Å². The van der Waals surface area contributed by atoms with Gasteiger partial charge in [0.25, 0.3) is 0 Å². The minimum absolute atomic E-state index is 0.195. The van der Waals surface area contributed by atoms with Crippen LogP contribution >= 0.6 is 0 Å². The average Bonchev–Trinajstić information content (AvgIpc) is 3.25. The summed E-state index contributed by atoms with van der Waals surface area (Å²) in [4.78, 5) is 0.353. The van der Waals surface area contributed by atoms with Crippen LogP contribution in [0.2, 0.25) is 0 Å². The zero-order valence-electron chi connectivity index (χ0n) is 14.3. The van der Waals surface area contributed by atoms with Crippen LogP contribution < -0.4 is 4.74 Å². The van der Waals surface area contributed by atoms with Gasteiger partial charge in [-0.15, -0.1) is 0 Å². The van der Waals surface area contributed by atoms with Crippen molar-refractivity contribution < 1.29 is 13.2 Å². The second-order valence-corrected chi connectivity index (χ2v) is 8.89. The Hall–Kier alpha value is -2.33. The van der Waals surface area contributed by atoms with Crippen molar-refractivity contribution in [3.05, 3.63) is 71.8 Å². The second kappa shape index (κ2) is 5.60. The first-order valence-electron chi connectivity index (χ1n) is 8.31. The smallest absolute Gasteiger partial charge is 0.175 e. The number of rotatable bonds is 4. The summed E-state index contributed by atoms with van der Waals surface area (Å²) in [5.74, 6) is 0.839. The van der Waals surface area contributed by atoms with E-state index in [9.17, 15) is 8.42 Å². The highest BCUT2D eigenvalue weighted by Crippen LogP contribution is 2.57. The van der Waals surface area contributed by atoms with Gasteiger partial charge < -0.3 is 4.74 Å². The number of sulfone groups is 1. The molecule has 0 aliphatic heterocycles. The molecule has 1 saturated carbocycles. The number of hydrogen-bond acceptors (Lipinski definition) is 3. The molecule has 0 N–H and O–H groups in total. The topological polar surface area (TPSA) is 43.4 Å². The van der Waals surface area contributed by atoms with Gasteiger partial charge in [-0.3, -0.25) is 0 Å². The molecule has 1 fully saturated rings. The predicted molar refractivity (Wildman–Crippen MR) is 100 cm³/mol. The van der Waals surface area contributed by atoms with E-state index >= 15 is 0 Å². The molecule has 4 rings (SSSR count). The summed E-state index contributed by atoms with van der Waals surface area (Å²) in [6.07, 6.45) is 8.28. The molecule has 1 spiro atoms. The van der Waals surface area contributed by atoms with Gasteiger partial charge in [-0.25, -0.2) is 8.42 Å². The summed E-state index contributed by atoms with van der Waals surface area (Å²) in [7, 11) is -1.51. The molecular weight excluding hydrogens is 332 g/mol. The Morgan fingerprint density at radius 2 is 1.32 bits per heavy atom. The molecule has 128 valence electrons. The predicted octanol–water partition coefficient (Wildman–Crippen LogP) is 4.36. The molecule has 0 radical (unpaired) electrons. The molecule has 2 aromatic carbocycles. The van der Waals surface area contributed by atoms with Crippen LogP contribution in [0.1, 0.15) is 24.0 Å². The van der Waals surface area contributed by atoms with Crippen LogP contribution in [0.15, 0.2) is 65.6 Å². The van der Waals surface area contributed by atoms with E-state index in [1.807, 2.05) is 24.3 Å². The molecule has 0 heterocycles. The van der Waals surface area contributed by atoms with Crippen LogP contribution in [-0.2, 0) is 9.84 Å². The molecule has 2 aromatic rings. The van der Waals surface area contributed by atoms with Crippen molar-refractivity contribution >= 4 is 21.0 Å². The third kappa shape index (κ3) is 3.02. The van der Waals surface area contributed by atoms with Crippen molar-refractivity contribution in [2.24, 2.45) is 5.41 Å². The molecule has 0 aromatic heterocycles. The van der Waals surface area contributed by atoms with E-state index in [4.69, 9.17) is 4.74 Å². The lowest BCUT2D eigenvalue weighted by Crippen LogP contribution is -1.97. The fourth-order valence-corrected chi connectivity index (χ4v) is 3.97. The van der Waals surface area contributed by atoms with Crippen molar-refractivity contribution in [2.75, 3.05) is 13.4 Å². The fraction of sp³-hybridized carbons (Fsp3) is 0.238. The van der Waals surface area contributed by atoms with Gasteiger partial charge in [0.15, 0.2) is 9.84 Å². The first-order valence-corrected chi connectivity index (χ1v) is 10.2. The van der Waals surface area contributed by atoms with Crippen LogP contribution in [0.3, 0.4) is 0 Å². The summed E-state index contributed by atoms with van der Waals surface area (Å²) < 4.78 is 28.6. The second-order valence-electron chi connectivity index (χ2n) is 6.87. The maximum absolute atomic E-state index is 11.7. The van der Waals surface area contributed by atoms with E-state index < -0.39 is 9.84 Å². The van der Waals surface area contributed by atoms with E-state index in [0.717, 1.165) is 16.9 Å². The Kier molecular flexibility index (Phi) is 3.62. The lowest BCUT2D eigenvalue weighted by atomic mass is 9.95. The largest absolute Gasteiger partial charge is 0.497 e. The van der Waals surface area contributed by atoms with Gasteiger partial charge in [-0.05, 0) is 59.4 Å². The highest BCUT2D eigenvalue weighted by atomic mass is 32.2. The maximum atomic E-state index is 11.7. The molecule has 0 unspecified atom stereocenters. The quantitative estimate of drug-likeness (QED) is 0.821. The van der Waals surface area contributed by atoms with Gasteiger partial charge in [-0.2, -0.15) is 0 Å². The summed E-state index contributed by atoms with van der Waals surface area (Å²) in [5.41, 5.74) is 4.80. The Bertz CT molecular complexity index is 974. The monoisotopic (exact) mass is 352 g/mol. The lowest BCUT2D eigenvalue weighted by molar-refractivity contribution is 0.415. The van der Waals surface area contributed by atoms with Gasteiger partial charge in [0.05, 0.1) is 12.0 Å². The Morgan fingerprint density at radius 3 is 1.72 bits per heavy atom. The summed E-state index contributed by atoms with van der Waals surface area (Å²) >= 11 is 0. The zero-order valence-corrected chi connectivity index (χ0v) is 15.1. The van der Waals surface area contributed by atoms with Gasteiger partial charge >= 0.3 is 0 Å². The van der Waals surface area contributed by atoms with Gasteiger partial charge in [0, 0.05) is 11.7 Å². The number of methoxy groups -OCH3 is 1. The normalized spacial score (nSPS) is 18.0. The molecule has 2 aliphatic rings. The summed E-state index contributed by atoms with van der Waals surface area (Å²) in [6.45, 7) is 0. The van der Waals surface area contributed by atoms with Gasteiger partial charge in [0.2, 0.25) is 0 Å². The molecular formula is C21H20O3S. The van der Waals surface area contributed by atoms with Crippen molar-refractivity contribution in [1.29, 1.82) is 0 Å². The molecule has 0 saturated heterocycles. The zero-order chi connectivity index (χ0) is 17.7. The number of benzene rings is 2. The van der Waals surface area contributed by atoms with E-state index in [2.05, 4.69) is 24.3 Å². The minimum Gasteiger partial charge on any atom is -0.497 e. The summed E-state index contributed by atoms with van der Waals surface area (Å²) in [5, 5.41) is 0. The molecule has 4 heteroatoms. The molecule has 0 amide bonds. The van der Waals surface area contributed by atoms with Crippen LogP contribution in [0.5, 0.6) is 5.75 Å². The molecule has 2 aliphatic carbocycles. The first kappa shape index (κ1) is 16.2. The highest BCUT2D eigenvalue weighted by molar-refractivity contribution is 7.90. The van der Waals surface area contributed by atoms with Crippen LogP contribution in [0, 0.1) is 5.41 Å². The first-order chi connectivity index (χ1) is 11.9. The molecule has 3 nitrogen and oxygen atoms in total. The number of ether oxygens (including phenoxy) is 1. The third-order valence-electron chi connectivity index (χ3n) is 4.98. The number of hydrogen-bond donors (Lipinski definition) is 0. The van der Waals surface area contributed by atoms with E-state index in [1.165, 1.54) is 30.2 Å². The van der Waals surface area contributed by atoms with Gasteiger partial charge in [-0.1, -0.05) is 36.4 Å². The maximum Gasteiger partial charge on any atom is 0.175 e. The van der Waals surface area contributed by atoms with Crippen molar-refractivity contribution in [1.82, 2.24) is 0 Å². The van der Waals surface area contributed by atoms with Gasteiger partial charge in [0.1, 0.15) is 5.75 Å². The SMILES string of the molecule is COc1ccc(C2=CC3(C=C2c2ccc(S(C)(=O)=O)cc2)CC3)cc1. The van der Waals surface area contributed by atoms with Crippen molar-refractivity contribution in [2.45, 2.75) is 17.7 Å². The fourth-order valence-electron chi connectivity index (χ4n) is 3.34. The summed E-state index contributed by atoms with van der Waals surface area (Å²) in [6, 6.07) is 15.3. The Labute approximate surface area is 148 Å². The van der Waals surface area contributed by atoms with Crippen LogP contribution in [0.4, 0.5) is 0 Å². The Balaban J connectivity index is 1.73. The van der Waals surface area contributed by atoms with E-state index in [0.29, 0.717) is 4.90 Å². The molecule has 0 bridgehead atoms. The Morgan fingerprint density at radius 1 is 0.840 bits per heavy atom. The van der Waals surface area contributed by atoms with Crippen molar-refractivity contribution in [3.8, 4) is 5.75 Å². The molecule has 25 heavy (non-hydrogen) atoms. The third-order valence-corrected chi connectivity index (χ3v) is 6.10. The lowest BCUT2D eigenvalue weighted by Gasteiger charge is -2.11. The highest BCUT2D eigenvalue weighted by Gasteiger charge is 2.43. The van der Waals surface area contributed by atoms with E-state index in [-0.39, 0.29) is 5.41 Å². The molecule has 0 atom stereocenters. The number of allylic oxidation sites excluding steroid dienone is 4. The van der Waals surface area contributed by atoms with E-state index in [1.54, 1.807) is 19.2 Å². The minimum atomic E-state index is -3.17. The van der Waals surface area contributed by atoms with Crippen molar-refractivity contribution in [3.63, 3.8) is 0 Å². The van der Waals surface area contributed by atoms with Crippen LogP contribution in [0.25, 0.3) is 11.1 Å². The average molecular weight is 352 g/mol.